The minimum atomic E-state index is -2.42. The van der Waals surface area contributed by atoms with Crippen molar-refractivity contribution >= 4 is 5.78 Å². The number of Topliss-reactive ketones (excluding diaryl/α,β-unsaturated/α-hetero) is 1. The van der Waals surface area contributed by atoms with E-state index in [0.717, 1.165) is 0 Å². The normalized spacial score (nSPS) is 23.5. The molecule has 0 aliphatic carbocycles. The van der Waals surface area contributed by atoms with Gasteiger partial charge >= 0.3 is 0 Å². The molecule has 0 heterocycles. The fourth-order valence-corrected chi connectivity index (χ4v) is 1.60. The Morgan fingerprint density at radius 2 is 2.27 bits per heavy atom. The molecule has 3 atom stereocenters. The van der Waals surface area contributed by atoms with Crippen molar-refractivity contribution in [3.8, 4) is 0 Å². The Morgan fingerprint density at radius 1 is 1.67 bits per heavy atom. The molecule has 0 amide bonds. The van der Waals surface area contributed by atoms with Crippen molar-refractivity contribution < 1.29 is 15.4 Å². The number of hydrogen-bond acceptors (Lipinski definition) is 3. The van der Waals surface area contributed by atoms with Gasteiger partial charge in [0.05, 0.1) is 13.5 Å². The number of rotatable bonds is 6. The number of ketones is 1. The van der Waals surface area contributed by atoms with Gasteiger partial charge in [0.1, 0.15) is 5.78 Å². The zero-order chi connectivity index (χ0) is 15.4. The molecule has 1 unspecified atom stereocenters. The largest absolute Gasteiger partial charge is 0.391 e. The van der Waals surface area contributed by atoms with E-state index in [4.69, 9.17) is 5.48 Å². The number of likely N-dealkylation sites (N-methyl/N-ethyl adjacent to an activating group) is 1. The Labute approximate surface area is 98.4 Å². The van der Waals surface area contributed by atoms with Crippen molar-refractivity contribution in [3.63, 3.8) is 0 Å². The lowest BCUT2D eigenvalue weighted by Gasteiger charge is -2.30. The summed E-state index contributed by atoms with van der Waals surface area (Å²) < 4.78 is 28.6. The van der Waals surface area contributed by atoms with Gasteiger partial charge in [-0.15, -0.1) is 0 Å². The van der Waals surface area contributed by atoms with E-state index in [1.54, 1.807) is 25.9 Å². The maximum absolute atomic E-state index is 11.5. The molecule has 15 heavy (non-hydrogen) atoms. The fraction of sp³-hybridized carbons (Fsp3) is 0.750. The summed E-state index contributed by atoms with van der Waals surface area (Å²) in [6.07, 6.45) is 0.636. The van der Waals surface area contributed by atoms with E-state index in [2.05, 4.69) is 0 Å². The summed E-state index contributed by atoms with van der Waals surface area (Å²) in [7, 11) is 3.41. The van der Waals surface area contributed by atoms with E-state index in [9.17, 15) is 9.90 Å². The molecule has 0 aromatic rings. The van der Waals surface area contributed by atoms with Crippen LogP contribution in [0, 0.1) is 5.92 Å². The second kappa shape index (κ2) is 6.75. The van der Waals surface area contributed by atoms with Gasteiger partial charge in [0.25, 0.3) is 0 Å². The Bertz CT molecular complexity index is 339. The van der Waals surface area contributed by atoms with E-state index in [1.807, 2.05) is 0 Å². The lowest BCUT2D eigenvalue weighted by molar-refractivity contribution is -0.126. The Balaban J connectivity index is 4.75. The summed E-state index contributed by atoms with van der Waals surface area (Å²) in [5.74, 6) is -0.450. The molecule has 0 aromatic carbocycles. The minimum Gasteiger partial charge on any atom is -0.391 e. The van der Waals surface area contributed by atoms with Crippen molar-refractivity contribution in [1.29, 1.82) is 0 Å². The van der Waals surface area contributed by atoms with E-state index < -0.39 is 25.0 Å². The number of allylic oxidation sites excluding steroid dienone is 2. The first-order valence-corrected chi connectivity index (χ1v) is 5.00. The maximum atomic E-state index is 11.5. The van der Waals surface area contributed by atoms with E-state index >= 15 is 0 Å². The molecule has 0 rings (SSSR count). The molecule has 3 heteroatoms. The maximum Gasteiger partial charge on any atom is 0.149 e. The summed E-state index contributed by atoms with van der Waals surface area (Å²) in [6.45, 7) is 0.717. The van der Waals surface area contributed by atoms with Gasteiger partial charge in [-0.1, -0.05) is 19.1 Å². The Kier molecular flexibility index (Phi) is 3.81. The fourth-order valence-electron chi connectivity index (χ4n) is 1.60. The van der Waals surface area contributed by atoms with Crippen LogP contribution in [-0.2, 0) is 4.79 Å². The standard InChI is InChI=1S/C12H23NO2/c1-6-7-8-9(2)12(15)11(10(3)14)13(4)5/h6-7,9,11-12,15H,8H2,1-5H3/t9-,11-,12?/m1/s1/i1D3,6D. The molecule has 3 nitrogen and oxygen atoms in total. The predicted molar refractivity (Wildman–Crippen MR) is 62.8 cm³/mol. The molecular weight excluding hydrogens is 190 g/mol. The first-order valence-electron chi connectivity index (χ1n) is 7.00. The van der Waals surface area contributed by atoms with Gasteiger partial charge in [0.15, 0.2) is 0 Å². The minimum absolute atomic E-state index is 0.143. The molecule has 0 aliphatic heterocycles. The smallest absolute Gasteiger partial charge is 0.149 e. The van der Waals surface area contributed by atoms with Gasteiger partial charge in [-0.2, -0.15) is 0 Å². The molecule has 0 spiro atoms. The first-order chi connectivity index (χ1) is 8.48. The van der Waals surface area contributed by atoms with Crippen LogP contribution in [0.25, 0.3) is 0 Å². The molecule has 0 saturated carbocycles. The Morgan fingerprint density at radius 3 is 2.67 bits per heavy atom. The third kappa shape index (κ3) is 4.58. The zero-order valence-electron chi connectivity index (χ0n) is 13.8. The third-order valence-electron chi connectivity index (χ3n) is 2.47. The van der Waals surface area contributed by atoms with E-state index in [-0.39, 0.29) is 18.1 Å². The van der Waals surface area contributed by atoms with Crippen molar-refractivity contribution in [1.82, 2.24) is 4.90 Å². The number of nitrogens with zero attached hydrogens (tertiary/aromatic N) is 1. The lowest BCUT2D eigenvalue weighted by Crippen LogP contribution is -2.47. The average molecular weight is 217 g/mol. The van der Waals surface area contributed by atoms with Crippen LogP contribution in [0.2, 0.25) is 0 Å². The van der Waals surface area contributed by atoms with Crippen LogP contribution in [0.4, 0.5) is 0 Å². The number of aliphatic hydroxyl groups is 1. The zero-order valence-corrected chi connectivity index (χ0v) is 9.82. The monoisotopic (exact) mass is 217 g/mol. The average Bonchev–Trinajstić information content (AvgIpc) is 2.22. The summed E-state index contributed by atoms with van der Waals surface area (Å²) >= 11 is 0. The van der Waals surface area contributed by atoms with Gasteiger partial charge in [-0.3, -0.25) is 9.69 Å². The highest BCUT2D eigenvalue weighted by Crippen LogP contribution is 2.15. The highest BCUT2D eigenvalue weighted by Gasteiger charge is 2.29. The first kappa shape index (κ1) is 8.48. The van der Waals surface area contributed by atoms with Crippen LogP contribution in [-0.4, -0.2) is 42.0 Å². The summed E-state index contributed by atoms with van der Waals surface area (Å²) in [4.78, 5) is 13.1. The number of aliphatic hydroxyl groups excluding tert-OH is 1. The number of hydrogen-bond donors (Lipinski definition) is 1. The topological polar surface area (TPSA) is 40.5 Å². The van der Waals surface area contributed by atoms with E-state index in [0.29, 0.717) is 0 Å². The van der Waals surface area contributed by atoms with Crippen LogP contribution in [0.3, 0.4) is 0 Å². The Hall–Kier alpha value is -0.670. The molecule has 0 bridgehead atoms. The van der Waals surface area contributed by atoms with Gasteiger partial charge in [0, 0.05) is 4.11 Å². The molecule has 0 fully saturated rings. The predicted octanol–water partition coefficient (Wildman–Crippen LogP) is 1.47. The van der Waals surface area contributed by atoms with Gasteiger partial charge < -0.3 is 5.11 Å². The molecule has 0 radical (unpaired) electrons. The van der Waals surface area contributed by atoms with Crippen LogP contribution < -0.4 is 0 Å². The summed E-state index contributed by atoms with van der Waals surface area (Å²) in [6, 6.07) is -1.05. The van der Waals surface area contributed by atoms with Crippen LogP contribution in [0.1, 0.15) is 32.6 Å². The summed E-state index contributed by atoms with van der Waals surface area (Å²) in [5.41, 5.74) is 0. The summed E-state index contributed by atoms with van der Waals surface area (Å²) in [5, 5.41) is 10.1. The molecule has 0 aromatic heterocycles. The van der Waals surface area contributed by atoms with Crippen LogP contribution >= 0.6 is 0 Å². The number of carbonyl (C=O) groups is 1. The molecule has 0 saturated heterocycles. The highest BCUT2D eigenvalue weighted by molar-refractivity contribution is 5.82. The number of carbonyl (C=O) groups excluding carboxylic acids is 1. The second-order valence-corrected chi connectivity index (χ2v) is 4.07. The molecular formula is C12H23NO2. The van der Waals surface area contributed by atoms with Crippen molar-refractivity contribution in [3.05, 3.63) is 12.1 Å². The highest BCUT2D eigenvalue weighted by atomic mass is 16.3. The molecule has 0 aliphatic rings. The second-order valence-electron chi connectivity index (χ2n) is 4.07. The van der Waals surface area contributed by atoms with Gasteiger partial charge in [0.2, 0.25) is 0 Å². The van der Waals surface area contributed by atoms with Crippen molar-refractivity contribution in [2.75, 3.05) is 14.1 Å². The molecule has 1 N–H and O–H groups in total. The van der Waals surface area contributed by atoms with Crippen molar-refractivity contribution in [2.24, 2.45) is 5.92 Å². The third-order valence-corrected chi connectivity index (χ3v) is 2.47. The lowest BCUT2D eigenvalue weighted by atomic mass is 9.92. The van der Waals surface area contributed by atoms with Crippen molar-refractivity contribution in [2.45, 2.75) is 39.3 Å². The van der Waals surface area contributed by atoms with E-state index in [1.165, 1.54) is 13.0 Å². The van der Waals surface area contributed by atoms with Gasteiger partial charge in [-0.25, -0.2) is 0 Å². The van der Waals surface area contributed by atoms with Crippen LogP contribution in [0.15, 0.2) is 12.1 Å². The molecule has 88 valence electrons. The SMILES string of the molecule is [2H]C(=CC[C@@H](C)C(O)[C@@H](C(C)=O)N(C)C)C([2H])([2H])[2H]. The quantitative estimate of drug-likeness (QED) is 0.685. The van der Waals surface area contributed by atoms with Crippen LogP contribution in [0.5, 0.6) is 0 Å². The van der Waals surface area contributed by atoms with Gasteiger partial charge in [-0.05, 0) is 40.2 Å².